The highest BCUT2D eigenvalue weighted by Crippen LogP contribution is 2.39. The van der Waals surface area contributed by atoms with Crippen LogP contribution in [0.2, 0.25) is 18.1 Å². The summed E-state index contributed by atoms with van der Waals surface area (Å²) in [5, 5.41) is 0.0208. The number of methoxy groups -OCH3 is 1. The average Bonchev–Trinajstić information content (AvgIpc) is 2.77. The normalized spacial score (nSPS) is 22.5. The highest BCUT2D eigenvalue weighted by Gasteiger charge is 2.49. The summed E-state index contributed by atoms with van der Waals surface area (Å²) in [5.74, 6) is -0.456. The minimum atomic E-state index is -2.07. The van der Waals surface area contributed by atoms with Crippen molar-refractivity contribution < 1.29 is 23.5 Å². The number of amides is 1. The molecule has 1 amide bonds. The van der Waals surface area contributed by atoms with Gasteiger partial charge in [0, 0.05) is 6.54 Å². The van der Waals surface area contributed by atoms with E-state index in [2.05, 4.69) is 33.9 Å². The number of likely N-dealkylation sites (tertiary alicyclic amines) is 1. The molecule has 1 aliphatic rings. The lowest BCUT2D eigenvalue weighted by molar-refractivity contribution is -0.148. The van der Waals surface area contributed by atoms with Crippen molar-refractivity contribution in [3.63, 3.8) is 0 Å². The van der Waals surface area contributed by atoms with E-state index in [1.807, 2.05) is 0 Å². The summed E-state index contributed by atoms with van der Waals surface area (Å²) in [6.07, 6.45) is -0.254. The Bertz CT molecular complexity index is 478. The first-order chi connectivity index (χ1) is 10.7. The first-order valence-corrected chi connectivity index (χ1v) is 11.4. The third-order valence-electron chi connectivity index (χ3n) is 4.67. The predicted octanol–water partition coefficient (Wildman–Crippen LogP) is 3.56. The molecule has 0 aromatic rings. The largest absolute Gasteiger partial charge is 0.467 e. The zero-order valence-electron chi connectivity index (χ0n) is 16.6. The molecule has 1 heterocycles. The van der Waals surface area contributed by atoms with E-state index in [-0.39, 0.29) is 11.1 Å². The van der Waals surface area contributed by atoms with Crippen molar-refractivity contribution in [1.82, 2.24) is 4.90 Å². The van der Waals surface area contributed by atoms with E-state index in [0.29, 0.717) is 13.0 Å². The fourth-order valence-electron chi connectivity index (χ4n) is 2.37. The highest BCUT2D eigenvalue weighted by atomic mass is 28.4. The maximum Gasteiger partial charge on any atom is 0.411 e. The predicted molar refractivity (Wildman–Crippen MR) is 95.4 cm³/mol. The number of carbonyl (C=O) groups is 2. The molecule has 0 radical (unpaired) electrons. The lowest BCUT2D eigenvalue weighted by Crippen LogP contribution is -2.52. The van der Waals surface area contributed by atoms with Crippen molar-refractivity contribution in [2.75, 3.05) is 13.7 Å². The van der Waals surface area contributed by atoms with Crippen LogP contribution in [0.15, 0.2) is 0 Å². The van der Waals surface area contributed by atoms with Gasteiger partial charge in [0.2, 0.25) is 0 Å². The summed E-state index contributed by atoms with van der Waals surface area (Å²) in [4.78, 5) is 26.2. The minimum Gasteiger partial charge on any atom is -0.467 e. The molecule has 1 aliphatic heterocycles. The summed E-state index contributed by atoms with van der Waals surface area (Å²) in [5.41, 5.74) is -0.615. The summed E-state index contributed by atoms with van der Waals surface area (Å²) in [6.45, 7) is 16.5. The van der Waals surface area contributed by atoms with Gasteiger partial charge in [0.1, 0.15) is 5.60 Å². The lowest BCUT2D eigenvalue weighted by Gasteiger charge is -2.39. The van der Waals surface area contributed by atoms with Crippen LogP contribution >= 0.6 is 0 Å². The molecule has 0 saturated carbocycles. The second-order valence-corrected chi connectivity index (χ2v) is 13.6. The van der Waals surface area contributed by atoms with Crippen LogP contribution < -0.4 is 0 Å². The molecule has 0 unspecified atom stereocenters. The minimum absolute atomic E-state index is 0.0208. The van der Waals surface area contributed by atoms with Crippen molar-refractivity contribution in [2.45, 2.75) is 83.8 Å². The molecule has 140 valence electrons. The van der Waals surface area contributed by atoms with Crippen molar-refractivity contribution >= 4 is 20.4 Å². The van der Waals surface area contributed by atoms with E-state index in [9.17, 15) is 9.59 Å². The van der Waals surface area contributed by atoms with E-state index >= 15 is 0 Å². The Kier molecular flexibility index (Phi) is 6.14. The molecule has 0 spiro atoms. The lowest BCUT2D eigenvalue weighted by atomic mass is 10.2. The van der Waals surface area contributed by atoms with Crippen LogP contribution in [0.3, 0.4) is 0 Å². The fraction of sp³-hybridized carbons (Fsp3) is 0.882. The Morgan fingerprint density at radius 2 is 1.62 bits per heavy atom. The molecular weight excluding hydrogens is 326 g/mol. The first-order valence-electron chi connectivity index (χ1n) is 8.45. The Labute approximate surface area is 147 Å². The quantitative estimate of drug-likeness (QED) is 0.569. The van der Waals surface area contributed by atoms with E-state index in [0.717, 1.165) is 0 Å². The highest BCUT2D eigenvalue weighted by molar-refractivity contribution is 6.74. The molecule has 0 aliphatic carbocycles. The molecule has 1 rings (SSSR count). The Morgan fingerprint density at radius 3 is 2.04 bits per heavy atom. The SMILES string of the molecule is COC(=O)[C@H]1[C@H](O[Si](C)(C)C(C)(C)C)CCN1C(=O)OC(C)(C)C. The number of hydrogen-bond donors (Lipinski definition) is 0. The number of rotatable bonds is 3. The fourth-order valence-corrected chi connectivity index (χ4v) is 3.72. The molecule has 0 aromatic heterocycles. The Balaban J connectivity index is 3.00. The van der Waals surface area contributed by atoms with E-state index in [1.165, 1.54) is 12.0 Å². The van der Waals surface area contributed by atoms with Gasteiger partial charge in [0.05, 0.1) is 13.2 Å². The maximum absolute atomic E-state index is 12.5. The van der Waals surface area contributed by atoms with Gasteiger partial charge in [-0.15, -0.1) is 0 Å². The summed E-state index contributed by atoms with van der Waals surface area (Å²) in [6, 6.07) is -0.751. The van der Waals surface area contributed by atoms with Gasteiger partial charge >= 0.3 is 12.1 Å². The number of ether oxygens (including phenoxy) is 2. The zero-order valence-corrected chi connectivity index (χ0v) is 17.6. The van der Waals surface area contributed by atoms with Gasteiger partial charge in [-0.25, -0.2) is 9.59 Å². The third kappa shape index (κ3) is 4.96. The van der Waals surface area contributed by atoms with Gasteiger partial charge in [-0.3, -0.25) is 4.90 Å². The molecule has 2 atom stereocenters. The van der Waals surface area contributed by atoms with E-state index in [4.69, 9.17) is 13.9 Å². The maximum atomic E-state index is 12.5. The Morgan fingerprint density at radius 1 is 1.08 bits per heavy atom. The topological polar surface area (TPSA) is 65.1 Å². The second kappa shape index (κ2) is 7.04. The molecule has 7 heteroatoms. The Hall–Kier alpha value is -1.08. The molecule has 6 nitrogen and oxygen atoms in total. The average molecular weight is 360 g/mol. The van der Waals surface area contributed by atoms with Crippen molar-refractivity contribution in [2.24, 2.45) is 0 Å². The van der Waals surface area contributed by atoms with Crippen molar-refractivity contribution in [3.8, 4) is 0 Å². The van der Waals surface area contributed by atoms with Crippen LogP contribution in [-0.2, 0) is 18.7 Å². The molecule has 24 heavy (non-hydrogen) atoms. The first kappa shape index (κ1) is 21.0. The number of esters is 1. The van der Waals surface area contributed by atoms with Crippen LogP contribution in [0.1, 0.15) is 48.0 Å². The van der Waals surface area contributed by atoms with Crippen LogP contribution in [-0.4, -0.2) is 56.7 Å². The summed E-state index contributed by atoms with van der Waals surface area (Å²) in [7, 11) is -0.737. The van der Waals surface area contributed by atoms with Gasteiger partial charge in [-0.2, -0.15) is 0 Å². The molecule has 1 saturated heterocycles. The van der Waals surface area contributed by atoms with Gasteiger partial charge in [-0.05, 0) is 45.3 Å². The third-order valence-corrected chi connectivity index (χ3v) is 9.17. The number of carbonyl (C=O) groups excluding carboxylic acids is 2. The molecule has 0 N–H and O–H groups in total. The molecular formula is C17H33NO5Si. The van der Waals surface area contributed by atoms with Gasteiger partial charge < -0.3 is 13.9 Å². The van der Waals surface area contributed by atoms with E-state index < -0.39 is 32.0 Å². The monoisotopic (exact) mass is 359 g/mol. The number of nitrogens with zero attached hydrogens (tertiary/aromatic N) is 1. The van der Waals surface area contributed by atoms with Gasteiger partial charge in [0.25, 0.3) is 0 Å². The summed E-state index contributed by atoms with van der Waals surface area (Å²) < 4.78 is 16.7. The standard InChI is InChI=1S/C17H33NO5Si/c1-16(2,3)22-15(20)18-11-10-12(13(18)14(19)21-7)23-24(8,9)17(4,5)6/h12-13H,10-11H2,1-9H3/t12-,13-/m1/s1. The van der Waals surface area contributed by atoms with Gasteiger partial charge in [-0.1, -0.05) is 20.8 Å². The van der Waals surface area contributed by atoms with Crippen LogP contribution in [0.5, 0.6) is 0 Å². The van der Waals surface area contributed by atoms with Crippen LogP contribution in [0.25, 0.3) is 0 Å². The van der Waals surface area contributed by atoms with Crippen molar-refractivity contribution in [1.29, 1.82) is 0 Å². The smallest absolute Gasteiger partial charge is 0.411 e. The van der Waals surface area contributed by atoms with Crippen molar-refractivity contribution in [3.05, 3.63) is 0 Å². The van der Waals surface area contributed by atoms with Crippen LogP contribution in [0.4, 0.5) is 4.79 Å². The molecule has 0 aromatic carbocycles. The second-order valence-electron chi connectivity index (χ2n) is 8.85. The number of hydrogen-bond acceptors (Lipinski definition) is 5. The van der Waals surface area contributed by atoms with E-state index in [1.54, 1.807) is 20.8 Å². The molecule has 0 bridgehead atoms. The zero-order chi connectivity index (χ0) is 18.9. The summed E-state index contributed by atoms with van der Waals surface area (Å²) >= 11 is 0. The van der Waals surface area contributed by atoms with Crippen LogP contribution in [0, 0.1) is 0 Å². The van der Waals surface area contributed by atoms with Gasteiger partial charge in [0.15, 0.2) is 14.4 Å². The molecule has 1 fully saturated rings.